The number of aromatic nitrogens is 5. The summed E-state index contributed by atoms with van der Waals surface area (Å²) in [7, 11) is 0. The van der Waals surface area contributed by atoms with Gasteiger partial charge in [-0.1, -0.05) is 12.1 Å². The Labute approximate surface area is 114 Å². The van der Waals surface area contributed by atoms with Crippen LogP contribution in [0, 0.1) is 0 Å². The highest BCUT2D eigenvalue weighted by Crippen LogP contribution is 2.18. The molecular formula is C13H8ClN5. The van der Waals surface area contributed by atoms with Gasteiger partial charge in [0.1, 0.15) is 11.4 Å². The fourth-order valence-electron chi connectivity index (χ4n) is 1.57. The van der Waals surface area contributed by atoms with E-state index >= 15 is 0 Å². The number of pyridine rings is 2. The molecule has 0 atom stereocenters. The summed E-state index contributed by atoms with van der Waals surface area (Å²) in [4.78, 5) is 20.9. The Hall–Kier alpha value is -2.40. The SMILES string of the molecule is Clc1nc(-c2ccccn2)nc(-c2ccccn2)n1. The molecule has 0 N–H and O–H groups in total. The first-order valence-electron chi connectivity index (χ1n) is 5.57. The second-order valence-electron chi connectivity index (χ2n) is 3.68. The Balaban J connectivity index is 2.12. The molecule has 0 fully saturated rings. The van der Waals surface area contributed by atoms with E-state index in [0.717, 1.165) is 0 Å². The molecule has 3 heterocycles. The van der Waals surface area contributed by atoms with Crippen LogP contribution in [0.15, 0.2) is 48.8 Å². The van der Waals surface area contributed by atoms with Crippen LogP contribution in [0.1, 0.15) is 0 Å². The topological polar surface area (TPSA) is 64.5 Å². The van der Waals surface area contributed by atoms with Crippen LogP contribution in [0.2, 0.25) is 5.28 Å². The molecule has 5 nitrogen and oxygen atoms in total. The van der Waals surface area contributed by atoms with E-state index < -0.39 is 0 Å². The lowest BCUT2D eigenvalue weighted by Crippen LogP contribution is -1.99. The maximum atomic E-state index is 5.93. The van der Waals surface area contributed by atoms with Gasteiger partial charge in [-0.25, -0.2) is 4.98 Å². The molecule has 3 aromatic heterocycles. The van der Waals surface area contributed by atoms with Gasteiger partial charge in [-0.05, 0) is 35.9 Å². The van der Waals surface area contributed by atoms with Crippen LogP contribution in [0.25, 0.3) is 23.0 Å². The molecule has 6 heteroatoms. The lowest BCUT2D eigenvalue weighted by Gasteiger charge is -2.03. The molecule has 0 aromatic carbocycles. The van der Waals surface area contributed by atoms with Gasteiger partial charge in [0.2, 0.25) is 5.28 Å². The fraction of sp³-hybridized carbons (Fsp3) is 0. The van der Waals surface area contributed by atoms with Crippen molar-refractivity contribution in [1.82, 2.24) is 24.9 Å². The number of hydrogen-bond donors (Lipinski definition) is 0. The molecule has 0 saturated carbocycles. The van der Waals surface area contributed by atoms with Crippen molar-refractivity contribution in [3.05, 3.63) is 54.1 Å². The molecule has 92 valence electrons. The van der Waals surface area contributed by atoms with Crippen LogP contribution < -0.4 is 0 Å². The van der Waals surface area contributed by atoms with Crippen molar-refractivity contribution in [3.63, 3.8) is 0 Å². The van der Waals surface area contributed by atoms with E-state index in [4.69, 9.17) is 11.6 Å². The molecule has 0 aliphatic rings. The lowest BCUT2D eigenvalue weighted by atomic mass is 10.3. The van der Waals surface area contributed by atoms with Gasteiger partial charge < -0.3 is 0 Å². The summed E-state index contributed by atoms with van der Waals surface area (Å²) < 4.78 is 0. The Morgan fingerprint density at radius 3 is 1.63 bits per heavy atom. The van der Waals surface area contributed by atoms with E-state index in [9.17, 15) is 0 Å². The van der Waals surface area contributed by atoms with Gasteiger partial charge >= 0.3 is 0 Å². The zero-order valence-corrected chi connectivity index (χ0v) is 10.5. The van der Waals surface area contributed by atoms with E-state index in [1.54, 1.807) is 12.4 Å². The first-order valence-corrected chi connectivity index (χ1v) is 5.95. The molecule has 0 aliphatic heterocycles. The average molecular weight is 270 g/mol. The molecule has 3 rings (SSSR count). The van der Waals surface area contributed by atoms with Crippen LogP contribution in [-0.2, 0) is 0 Å². The summed E-state index contributed by atoms with van der Waals surface area (Å²) in [5, 5.41) is 0.122. The average Bonchev–Trinajstić information content (AvgIpc) is 2.48. The molecule has 0 saturated heterocycles. The third-order valence-electron chi connectivity index (χ3n) is 2.40. The first-order chi connectivity index (χ1) is 9.33. The zero-order chi connectivity index (χ0) is 13.1. The van der Waals surface area contributed by atoms with Crippen molar-refractivity contribution in [2.45, 2.75) is 0 Å². The van der Waals surface area contributed by atoms with E-state index in [2.05, 4.69) is 24.9 Å². The largest absolute Gasteiger partial charge is 0.253 e. The van der Waals surface area contributed by atoms with E-state index in [0.29, 0.717) is 23.0 Å². The summed E-state index contributed by atoms with van der Waals surface area (Å²) in [5.41, 5.74) is 1.29. The third kappa shape index (κ3) is 2.56. The van der Waals surface area contributed by atoms with E-state index in [1.165, 1.54) is 0 Å². The van der Waals surface area contributed by atoms with Gasteiger partial charge in [-0.2, -0.15) is 9.97 Å². The second-order valence-corrected chi connectivity index (χ2v) is 4.02. The van der Waals surface area contributed by atoms with Gasteiger partial charge in [0, 0.05) is 12.4 Å². The summed E-state index contributed by atoms with van der Waals surface area (Å²) in [6.45, 7) is 0. The van der Waals surface area contributed by atoms with Gasteiger partial charge in [0.05, 0.1) is 0 Å². The molecule has 0 aliphatic carbocycles. The summed E-state index contributed by atoms with van der Waals surface area (Å²) in [5.74, 6) is 0.863. The van der Waals surface area contributed by atoms with E-state index in [-0.39, 0.29) is 5.28 Å². The van der Waals surface area contributed by atoms with Gasteiger partial charge in [0.25, 0.3) is 0 Å². The maximum Gasteiger partial charge on any atom is 0.226 e. The van der Waals surface area contributed by atoms with Crippen molar-refractivity contribution >= 4 is 11.6 Å². The predicted molar refractivity (Wildman–Crippen MR) is 71.3 cm³/mol. The number of hydrogen-bond acceptors (Lipinski definition) is 5. The van der Waals surface area contributed by atoms with Crippen molar-refractivity contribution in [2.75, 3.05) is 0 Å². The maximum absolute atomic E-state index is 5.93. The van der Waals surface area contributed by atoms with Crippen LogP contribution in [0.4, 0.5) is 0 Å². The Morgan fingerprint density at radius 2 is 1.21 bits per heavy atom. The standard InChI is InChI=1S/C13H8ClN5/c14-13-18-11(9-5-1-3-7-15-9)17-12(19-13)10-6-2-4-8-16-10/h1-8H. The van der Waals surface area contributed by atoms with Crippen molar-refractivity contribution < 1.29 is 0 Å². The molecule has 0 unspecified atom stereocenters. The van der Waals surface area contributed by atoms with Crippen LogP contribution in [0.5, 0.6) is 0 Å². The minimum absolute atomic E-state index is 0.122. The first kappa shape index (κ1) is 11.7. The molecule has 0 spiro atoms. The number of rotatable bonds is 2. The van der Waals surface area contributed by atoms with Crippen molar-refractivity contribution in [3.8, 4) is 23.0 Å². The molecule has 0 amide bonds. The summed E-state index contributed by atoms with van der Waals surface area (Å²) >= 11 is 5.93. The zero-order valence-electron chi connectivity index (χ0n) is 9.73. The monoisotopic (exact) mass is 269 g/mol. The normalized spacial score (nSPS) is 10.4. The smallest absolute Gasteiger partial charge is 0.226 e. The summed E-state index contributed by atoms with van der Waals surface area (Å²) in [6.07, 6.45) is 3.35. The summed E-state index contributed by atoms with van der Waals surface area (Å²) in [6, 6.07) is 11.0. The van der Waals surface area contributed by atoms with Crippen molar-refractivity contribution in [1.29, 1.82) is 0 Å². The van der Waals surface area contributed by atoms with Gasteiger partial charge in [0.15, 0.2) is 11.6 Å². The van der Waals surface area contributed by atoms with E-state index in [1.807, 2.05) is 36.4 Å². The minimum atomic E-state index is 0.122. The van der Waals surface area contributed by atoms with Gasteiger partial charge in [-0.15, -0.1) is 0 Å². The Morgan fingerprint density at radius 1 is 0.684 bits per heavy atom. The molecule has 19 heavy (non-hydrogen) atoms. The van der Waals surface area contributed by atoms with Gasteiger partial charge in [-0.3, -0.25) is 9.97 Å². The minimum Gasteiger partial charge on any atom is -0.253 e. The van der Waals surface area contributed by atoms with Crippen molar-refractivity contribution in [2.24, 2.45) is 0 Å². The predicted octanol–water partition coefficient (Wildman–Crippen LogP) is 2.65. The Bertz CT molecular complexity index is 630. The number of nitrogens with zero attached hydrogens (tertiary/aromatic N) is 5. The molecule has 0 bridgehead atoms. The van der Waals surface area contributed by atoms with Crippen LogP contribution >= 0.6 is 11.6 Å². The lowest BCUT2D eigenvalue weighted by molar-refractivity contribution is 1.04. The number of halogens is 1. The highest BCUT2D eigenvalue weighted by atomic mass is 35.5. The third-order valence-corrected chi connectivity index (χ3v) is 2.57. The molecule has 0 radical (unpaired) electrons. The molecular weight excluding hydrogens is 262 g/mol. The van der Waals surface area contributed by atoms with Crippen LogP contribution in [-0.4, -0.2) is 24.9 Å². The molecule has 3 aromatic rings. The quantitative estimate of drug-likeness (QED) is 0.716. The second kappa shape index (κ2) is 5.07. The highest BCUT2D eigenvalue weighted by Gasteiger charge is 2.10. The Kier molecular flexibility index (Phi) is 3.12. The van der Waals surface area contributed by atoms with Crippen LogP contribution in [0.3, 0.4) is 0 Å². The highest BCUT2D eigenvalue weighted by molar-refractivity contribution is 6.28. The fourth-order valence-corrected chi connectivity index (χ4v) is 1.73.